The topological polar surface area (TPSA) is 130 Å². The lowest BCUT2D eigenvalue weighted by Crippen LogP contribution is -2.23. The van der Waals surface area contributed by atoms with E-state index in [1.807, 2.05) is 6.92 Å². The van der Waals surface area contributed by atoms with Crippen molar-refractivity contribution in [3.8, 4) is 23.0 Å². The maximum Gasteiger partial charge on any atom is 0.335 e. The minimum atomic E-state index is -0.739. The Morgan fingerprint density at radius 3 is 1.46 bits per heavy atom. The molecule has 224 valence electrons. The van der Waals surface area contributed by atoms with Gasteiger partial charge in [-0.1, -0.05) is 32.2 Å². The number of esters is 2. The molecular formula is C31H40O10. The van der Waals surface area contributed by atoms with Crippen LogP contribution in [0.4, 0.5) is 0 Å². The molecule has 0 heterocycles. The van der Waals surface area contributed by atoms with Crippen LogP contribution in [0.3, 0.4) is 0 Å². The summed E-state index contributed by atoms with van der Waals surface area (Å²) in [5.41, 5.74) is 1.47. The molecule has 0 aliphatic carbocycles. The van der Waals surface area contributed by atoms with Gasteiger partial charge in [0.15, 0.2) is 12.6 Å². The van der Waals surface area contributed by atoms with Gasteiger partial charge in [-0.15, -0.1) is 0 Å². The van der Waals surface area contributed by atoms with E-state index in [4.69, 9.17) is 28.4 Å². The first-order valence-corrected chi connectivity index (χ1v) is 13.4. The van der Waals surface area contributed by atoms with Crippen molar-refractivity contribution in [3.05, 3.63) is 72.8 Å². The molecule has 4 unspecified atom stereocenters. The second kappa shape index (κ2) is 16.5. The fourth-order valence-electron chi connectivity index (χ4n) is 3.83. The van der Waals surface area contributed by atoms with Gasteiger partial charge in [0, 0.05) is 41.3 Å². The lowest BCUT2D eigenvalue weighted by Gasteiger charge is -2.26. The van der Waals surface area contributed by atoms with E-state index in [-0.39, 0.29) is 30.6 Å². The maximum absolute atomic E-state index is 11.8. The molecule has 41 heavy (non-hydrogen) atoms. The summed E-state index contributed by atoms with van der Waals surface area (Å²) in [5.74, 6) is -0.293. The summed E-state index contributed by atoms with van der Waals surface area (Å²) in [6, 6.07) is 10.00. The van der Waals surface area contributed by atoms with Gasteiger partial charge < -0.3 is 38.6 Å². The minimum absolute atomic E-state index is 0.0616. The third-order valence-electron chi connectivity index (χ3n) is 5.63. The summed E-state index contributed by atoms with van der Waals surface area (Å²) in [5, 5.41) is 19.2. The molecule has 0 amide bonds. The van der Waals surface area contributed by atoms with Gasteiger partial charge in [-0.3, -0.25) is 0 Å². The summed E-state index contributed by atoms with van der Waals surface area (Å²) in [6.07, 6.45) is -0.139. The Bertz CT molecular complexity index is 1080. The summed E-state index contributed by atoms with van der Waals surface area (Å²) in [6.45, 7) is 15.5. The van der Waals surface area contributed by atoms with Crippen LogP contribution >= 0.6 is 0 Å². The Morgan fingerprint density at radius 1 is 0.756 bits per heavy atom. The average molecular weight is 573 g/mol. The highest BCUT2D eigenvalue weighted by molar-refractivity contribution is 5.84. The molecule has 2 aromatic carbocycles. The third kappa shape index (κ3) is 11.0. The highest BCUT2D eigenvalue weighted by Gasteiger charge is 2.25. The lowest BCUT2D eigenvalue weighted by atomic mass is 9.87. The van der Waals surface area contributed by atoms with E-state index in [1.165, 1.54) is 0 Å². The van der Waals surface area contributed by atoms with Crippen molar-refractivity contribution >= 4 is 11.9 Å². The second-order valence-electron chi connectivity index (χ2n) is 9.35. The molecule has 2 aromatic rings. The number of hydrogen-bond acceptors (Lipinski definition) is 10. The number of carbonyl (C=O) groups excluding carboxylic acids is 2. The molecule has 0 saturated carbocycles. The zero-order valence-corrected chi connectivity index (χ0v) is 24.2. The molecule has 0 aromatic heterocycles. The molecule has 0 fully saturated rings. The van der Waals surface area contributed by atoms with Crippen LogP contribution < -0.4 is 18.9 Å². The maximum atomic E-state index is 11.8. The summed E-state index contributed by atoms with van der Waals surface area (Å²) < 4.78 is 34.0. The number of aliphatic hydroxyl groups is 2. The van der Waals surface area contributed by atoms with Crippen LogP contribution in [-0.2, 0) is 19.1 Å². The quantitative estimate of drug-likeness (QED) is 0.120. The number of aliphatic hydroxyl groups excluding tert-OH is 2. The van der Waals surface area contributed by atoms with Crippen LogP contribution in [-0.4, -0.2) is 60.2 Å². The molecule has 0 spiro atoms. The van der Waals surface area contributed by atoms with Gasteiger partial charge in [-0.2, -0.15) is 0 Å². The zero-order chi connectivity index (χ0) is 30.5. The first-order chi connectivity index (χ1) is 19.5. The fraction of sp³-hybridized carbons (Fsp3) is 0.419. The highest BCUT2D eigenvalue weighted by atomic mass is 16.7. The Morgan fingerprint density at radius 2 is 1.15 bits per heavy atom. The Kier molecular flexibility index (Phi) is 13.5. The van der Waals surface area contributed by atoms with Crippen LogP contribution in [0.25, 0.3) is 0 Å². The van der Waals surface area contributed by atoms with Crippen LogP contribution in [0.5, 0.6) is 23.0 Å². The molecule has 10 nitrogen and oxygen atoms in total. The van der Waals surface area contributed by atoms with Gasteiger partial charge in [0.2, 0.25) is 0 Å². The van der Waals surface area contributed by atoms with E-state index in [9.17, 15) is 19.8 Å². The lowest BCUT2D eigenvalue weighted by molar-refractivity contribution is -0.129. The van der Waals surface area contributed by atoms with E-state index in [1.54, 1.807) is 64.1 Å². The van der Waals surface area contributed by atoms with Crippen molar-refractivity contribution in [1.29, 1.82) is 0 Å². The van der Waals surface area contributed by atoms with E-state index < -0.39 is 36.7 Å². The smallest absolute Gasteiger partial charge is 0.335 e. The van der Waals surface area contributed by atoms with Crippen LogP contribution in [0.2, 0.25) is 0 Å². The Hall–Kier alpha value is -3.70. The van der Waals surface area contributed by atoms with Gasteiger partial charge in [0.1, 0.15) is 23.0 Å². The molecule has 2 N–H and O–H groups in total. The van der Waals surface area contributed by atoms with Gasteiger partial charge in [0.25, 0.3) is 0 Å². The van der Waals surface area contributed by atoms with E-state index in [2.05, 4.69) is 13.2 Å². The van der Waals surface area contributed by atoms with Crippen molar-refractivity contribution in [2.45, 2.75) is 71.7 Å². The van der Waals surface area contributed by atoms with Crippen molar-refractivity contribution in [3.63, 3.8) is 0 Å². The van der Waals surface area contributed by atoms with E-state index >= 15 is 0 Å². The number of ether oxygens (including phenoxy) is 6. The minimum Gasteiger partial charge on any atom is -0.465 e. The standard InChI is InChI=1S/C31H40O10/c1-8-25(26-13-11-23(40-30(34)9-2)15-28(26)38-21(6)36-17-19(4)32)27-14-12-24(41-31(35)10-3)16-29(27)39-22(7)37-18-20(5)33/h9-16,19-22,25,32-33H,2-3,8,17-18H2,1,4-7H3. The number of hydrogen-bond donors (Lipinski definition) is 2. The Labute approximate surface area is 241 Å². The Balaban J connectivity index is 2.57. The average Bonchev–Trinajstić information content (AvgIpc) is 2.93. The van der Waals surface area contributed by atoms with E-state index in [0.29, 0.717) is 17.9 Å². The van der Waals surface area contributed by atoms with Crippen LogP contribution in [0, 0.1) is 0 Å². The molecule has 0 aliphatic heterocycles. The monoisotopic (exact) mass is 572 g/mol. The first kappa shape index (κ1) is 33.5. The SMILES string of the molecule is C=CC(=O)Oc1ccc(C(CC)c2ccc(OC(=O)C=C)cc2OC(C)OCC(C)O)c(OC(C)OCC(C)O)c1. The second-order valence-corrected chi connectivity index (χ2v) is 9.35. The van der Waals surface area contributed by atoms with Gasteiger partial charge in [-0.25, -0.2) is 9.59 Å². The van der Waals surface area contributed by atoms with E-state index in [0.717, 1.165) is 23.3 Å². The van der Waals surface area contributed by atoms with Gasteiger partial charge in [0.05, 0.1) is 25.4 Å². The predicted molar refractivity (Wildman–Crippen MR) is 152 cm³/mol. The van der Waals surface area contributed by atoms with Crippen LogP contribution in [0.1, 0.15) is 58.1 Å². The van der Waals surface area contributed by atoms with Crippen molar-refractivity contribution < 1.29 is 48.2 Å². The molecule has 0 radical (unpaired) electrons. The molecule has 4 atom stereocenters. The number of benzene rings is 2. The van der Waals surface area contributed by atoms with Gasteiger partial charge in [-0.05, 0) is 46.2 Å². The summed E-state index contributed by atoms with van der Waals surface area (Å²) >= 11 is 0. The predicted octanol–water partition coefficient (Wildman–Crippen LogP) is 4.66. The fourth-order valence-corrected chi connectivity index (χ4v) is 3.83. The molecule has 10 heteroatoms. The number of carbonyl (C=O) groups is 2. The molecule has 0 aliphatic rings. The summed E-state index contributed by atoms with van der Waals surface area (Å²) in [4.78, 5) is 23.7. The third-order valence-corrected chi connectivity index (χ3v) is 5.63. The molecule has 2 rings (SSSR count). The first-order valence-electron chi connectivity index (χ1n) is 13.4. The van der Waals surface area contributed by atoms with Crippen molar-refractivity contribution in [1.82, 2.24) is 0 Å². The van der Waals surface area contributed by atoms with Crippen LogP contribution in [0.15, 0.2) is 61.7 Å². The van der Waals surface area contributed by atoms with Crippen molar-refractivity contribution in [2.24, 2.45) is 0 Å². The highest BCUT2D eigenvalue weighted by Crippen LogP contribution is 2.42. The van der Waals surface area contributed by atoms with Crippen molar-refractivity contribution in [2.75, 3.05) is 13.2 Å². The summed E-state index contributed by atoms with van der Waals surface area (Å²) in [7, 11) is 0. The molecule has 0 bridgehead atoms. The largest absolute Gasteiger partial charge is 0.465 e. The molecule has 0 saturated heterocycles. The zero-order valence-electron chi connectivity index (χ0n) is 24.2. The number of rotatable bonds is 17. The molecular weight excluding hydrogens is 532 g/mol. The normalized spacial score (nSPS) is 14.6. The van der Waals surface area contributed by atoms with Gasteiger partial charge >= 0.3 is 11.9 Å².